The first-order chi connectivity index (χ1) is 9.49. The van der Waals surface area contributed by atoms with Gasteiger partial charge in [-0.15, -0.1) is 11.3 Å². The van der Waals surface area contributed by atoms with E-state index in [1.807, 2.05) is 0 Å². The van der Waals surface area contributed by atoms with E-state index in [2.05, 4.69) is 11.1 Å². The second kappa shape index (κ2) is 6.27. The first-order valence-corrected chi connectivity index (χ1v) is 7.56. The summed E-state index contributed by atoms with van der Waals surface area (Å²) in [6.45, 7) is 1.78. The smallest absolute Gasteiger partial charge is 0.308 e. The second-order valence-electron chi connectivity index (χ2n) is 3.91. The van der Waals surface area contributed by atoms with Crippen LogP contribution >= 0.6 is 34.7 Å². The van der Waals surface area contributed by atoms with Gasteiger partial charge in [0.2, 0.25) is 0 Å². The van der Waals surface area contributed by atoms with Crippen LogP contribution in [0, 0.1) is 18.3 Å². The highest BCUT2D eigenvalue weighted by Crippen LogP contribution is 2.35. The minimum atomic E-state index is -0.877. The Morgan fingerprint density at radius 2 is 2.35 bits per heavy atom. The Bertz CT molecular complexity index is 707. The van der Waals surface area contributed by atoms with Gasteiger partial charge in [-0.2, -0.15) is 5.26 Å². The Morgan fingerprint density at radius 1 is 1.60 bits per heavy atom. The molecule has 102 valence electrons. The summed E-state index contributed by atoms with van der Waals surface area (Å²) in [4.78, 5) is 16.6. The van der Waals surface area contributed by atoms with Crippen LogP contribution in [0.1, 0.15) is 16.1 Å². The molecule has 0 spiro atoms. The molecule has 0 saturated carbocycles. The highest BCUT2D eigenvalue weighted by Gasteiger charge is 2.13. The molecule has 1 heterocycles. The molecular weight excluding hydrogens is 316 g/mol. The predicted molar refractivity (Wildman–Crippen MR) is 78.5 cm³/mol. The molecule has 0 fully saturated rings. The molecule has 4 nitrogen and oxygen atoms in total. The van der Waals surface area contributed by atoms with Crippen molar-refractivity contribution in [2.75, 3.05) is 0 Å². The van der Waals surface area contributed by atoms with Gasteiger partial charge in [0.1, 0.15) is 6.07 Å². The maximum Gasteiger partial charge on any atom is 0.308 e. The Kier molecular flexibility index (Phi) is 4.65. The molecular formula is C13H9ClN2O2S2. The van der Waals surface area contributed by atoms with Gasteiger partial charge >= 0.3 is 5.97 Å². The monoisotopic (exact) mass is 324 g/mol. The Balaban J connectivity index is 2.27. The minimum Gasteiger partial charge on any atom is -0.481 e. The largest absolute Gasteiger partial charge is 0.481 e. The number of carbonyl (C=O) groups is 1. The third-order valence-electron chi connectivity index (χ3n) is 2.44. The molecule has 1 N–H and O–H groups in total. The molecule has 2 aromatic rings. The highest BCUT2D eigenvalue weighted by molar-refractivity contribution is 8.01. The molecule has 0 aliphatic rings. The lowest BCUT2D eigenvalue weighted by Crippen LogP contribution is -1.99. The molecule has 1 aromatic carbocycles. The van der Waals surface area contributed by atoms with Crippen LogP contribution in [0.2, 0.25) is 5.02 Å². The maximum absolute atomic E-state index is 10.7. The molecule has 0 unspecified atom stereocenters. The highest BCUT2D eigenvalue weighted by atomic mass is 35.5. The van der Waals surface area contributed by atoms with Crippen LogP contribution in [0.5, 0.6) is 0 Å². The van der Waals surface area contributed by atoms with Crippen LogP contribution in [-0.2, 0) is 11.2 Å². The number of aliphatic carboxylic acids is 1. The Labute approximate surface area is 129 Å². The van der Waals surface area contributed by atoms with E-state index in [1.165, 1.54) is 23.1 Å². The lowest BCUT2D eigenvalue weighted by molar-refractivity contribution is -0.136. The number of thiazole rings is 1. The maximum atomic E-state index is 10.7. The number of nitrogens with zero attached hydrogens (tertiary/aromatic N) is 2. The summed E-state index contributed by atoms with van der Waals surface area (Å²) in [5.41, 5.74) is 1.20. The average Bonchev–Trinajstić information content (AvgIpc) is 2.71. The zero-order chi connectivity index (χ0) is 14.7. The van der Waals surface area contributed by atoms with E-state index in [1.54, 1.807) is 25.1 Å². The summed E-state index contributed by atoms with van der Waals surface area (Å²) in [6.07, 6.45) is -0.0320. The average molecular weight is 325 g/mol. The predicted octanol–water partition coefficient (Wildman–Crippen LogP) is 3.75. The number of aryl methyl sites for hydroxylation is 1. The van der Waals surface area contributed by atoms with Crippen LogP contribution in [0.25, 0.3) is 0 Å². The molecule has 0 bridgehead atoms. The van der Waals surface area contributed by atoms with E-state index < -0.39 is 5.97 Å². The van der Waals surface area contributed by atoms with Crippen LogP contribution in [-0.4, -0.2) is 16.1 Å². The lowest BCUT2D eigenvalue weighted by Gasteiger charge is -2.01. The fourth-order valence-corrected chi connectivity index (χ4v) is 3.93. The normalized spacial score (nSPS) is 10.2. The van der Waals surface area contributed by atoms with Gasteiger partial charge in [0, 0.05) is 14.8 Å². The fraction of sp³-hybridized carbons (Fsp3) is 0.154. The van der Waals surface area contributed by atoms with Gasteiger partial charge in [0.25, 0.3) is 0 Å². The molecule has 0 aliphatic heterocycles. The van der Waals surface area contributed by atoms with Gasteiger partial charge in [-0.05, 0) is 25.1 Å². The van der Waals surface area contributed by atoms with Gasteiger partial charge in [-0.1, -0.05) is 23.4 Å². The summed E-state index contributed by atoms with van der Waals surface area (Å²) >= 11 is 8.52. The first kappa shape index (κ1) is 14.9. The van der Waals surface area contributed by atoms with E-state index in [-0.39, 0.29) is 6.42 Å². The molecule has 0 radical (unpaired) electrons. The number of benzene rings is 1. The van der Waals surface area contributed by atoms with Crippen LogP contribution in [0.3, 0.4) is 0 Å². The summed E-state index contributed by atoms with van der Waals surface area (Å²) in [6, 6.07) is 7.16. The van der Waals surface area contributed by atoms with Crippen molar-refractivity contribution in [1.29, 1.82) is 5.26 Å². The summed E-state index contributed by atoms with van der Waals surface area (Å²) in [5, 5.41) is 18.4. The quantitative estimate of drug-likeness (QED) is 0.927. The summed E-state index contributed by atoms with van der Waals surface area (Å²) in [5.74, 6) is -0.877. The van der Waals surface area contributed by atoms with Gasteiger partial charge in [-0.3, -0.25) is 4.79 Å². The van der Waals surface area contributed by atoms with Crippen molar-refractivity contribution in [2.45, 2.75) is 22.6 Å². The van der Waals surface area contributed by atoms with Crippen molar-refractivity contribution < 1.29 is 9.90 Å². The zero-order valence-electron chi connectivity index (χ0n) is 10.4. The number of carboxylic acid groups (broad SMARTS) is 1. The van der Waals surface area contributed by atoms with E-state index >= 15 is 0 Å². The van der Waals surface area contributed by atoms with Crippen molar-refractivity contribution in [3.63, 3.8) is 0 Å². The molecule has 20 heavy (non-hydrogen) atoms. The Morgan fingerprint density at radius 3 is 3.00 bits per heavy atom. The topological polar surface area (TPSA) is 74.0 Å². The van der Waals surface area contributed by atoms with E-state index in [4.69, 9.17) is 22.0 Å². The summed E-state index contributed by atoms with van der Waals surface area (Å²) in [7, 11) is 0. The van der Waals surface area contributed by atoms with Gasteiger partial charge in [0.05, 0.1) is 17.7 Å². The number of aromatic nitrogens is 1. The van der Waals surface area contributed by atoms with E-state index in [0.717, 1.165) is 14.1 Å². The number of halogens is 1. The molecule has 0 aliphatic carbocycles. The van der Waals surface area contributed by atoms with Crippen molar-refractivity contribution >= 4 is 40.7 Å². The molecule has 2 rings (SSSR count). The zero-order valence-corrected chi connectivity index (χ0v) is 12.8. The minimum absolute atomic E-state index is 0.0320. The van der Waals surface area contributed by atoms with Crippen molar-refractivity contribution in [3.05, 3.63) is 39.4 Å². The molecule has 0 saturated heterocycles. The lowest BCUT2D eigenvalue weighted by atomic mass is 10.2. The van der Waals surface area contributed by atoms with E-state index in [0.29, 0.717) is 16.3 Å². The third kappa shape index (κ3) is 3.51. The van der Waals surface area contributed by atoms with Gasteiger partial charge < -0.3 is 5.11 Å². The number of hydrogen-bond donors (Lipinski definition) is 1. The second-order valence-corrected chi connectivity index (χ2v) is 6.72. The molecule has 1 aromatic heterocycles. The van der Waals surface area contributed by atoms with Gasteiger partial charge in [0.15, 0.2) is 4.34 Å². The fourth-order valence-electron chi connectivity index (χ4n) is 1.52. The standard InChI is InChI=1S/C13H9ClN2O2S2/c1-7-11(5-12(17)18)20-13(16-7)19-10-3-2-9(14)4-8(10)6-15/h2-4H,5H2,1H3,(H,17,18). The van der Waals surface area contributed by atoms with Crippen LogP contribution in [0.4, 0.5) is 0 Å². The Hall–Kier alpha value is -1.55. The van der Waals surface area contributed by atoms with Crippen molar-refractivity contribution in [1.82, 2.24) is 4.98 Å². The van der Waals surface area contributed by atoms with Gasteiger partial charge in [-0.25, -0.2) is 4.98 Å². The third-order valence-corrected chi connectivity index (χ3v) is 4.97. The number of nitriles is 1. The first-order valence-electron chi connectivity index (χ1n) is 5.55. The summed E-state index contributed by atoms with van der Waals surface area (Å²) < 4.78 is 0.720. The van der Waals surface area contributed by atoms with Crippen LogP contribution in [0.15, 0.2) is 27.4 Å². The molecule has 0 amide bonds. The van der Waals surface area contributed by atoms with E-state index in [9.17, 15) is 4.79 Å². The van der Waals surface area contributed by atoms with Crippen LogP contribution < -0.4 is 0 Å². The SMILES string of the molecule is Cc1nc(Sc2ccc(Cl)cc2C#N)sc1CC(=O)O. The molecule has 0 atom stereocenters. The number of rotatable bonds is 4. The molecule has 7 heteroatoms. The number of carboxylic acids is 1. The number of hydrogen-bond acceptors (Lipinski definition) is 5. The van der Waals surface area contributed by atoms with Crippen molar-refractivity contribution in [3.8, 4) is 6.07 Å². The van der Waals surface area contributed by atoms with Crippen molar-refractivity contribution in [2.24, 2.45) is 0 Å².